The number of nitrogens with zero attached hydrogens (tertiary/aromatic N) is 1. The van der Waals surface area contributed by atoms with Crippen LogP contribution in [0.5, 0.6) is 0 Å². The van der Waals surface area contributed by atoms with E-state index in [0.29, 0.717) is 29.4 Å². The van der Waals surface area contributed by atoms with Gasteiger partial charge in [-0.3, -0.25) is 14.9 Å². The number of anilines is 1. The Morgan fingerprint density at radius 1 is 1.39 bits per heavy atom. The van der Waals surface area contributed by atoms with E-state index in [1.807, 2.05) is 13.8 Å². The van der Waals surface area contributed by atoms with E-state index in [-0.39, 0.29) is 30.3 Å². The highest BCUT2D eigenvalue weighted by molar-refractivity contribution is 7.99. The van der Waals surface area contributed by atoms with Gasteiger partial charge in [-0.25, -0.2) is 0 Å². The van der Waals surface area contributed by atoms with Gasteiger partial charge in [0.05, 0.1) is 16.6 Å². The third-order valence-electron chi connectivity index (χ3n) is 3.55. The highest BCUT2D eigenvalue weighted by Crippen LogP contribution is 2.23. The maximum Gasteiger partial charge on any atom is 0.255 e. The van der Waals surface area contributed by atoms with Gasteiger partial charge in [0, 0.05) is 30.4 Å². The monoisotopic (exact) mass is 377 g/mol. The van der Waals surface area contributed by atoms with Crippen LogP contribution in [0.1, 0.15) is 24.2 Å². The molecule has 23 heavy (non-hydrogen) atoms. The molecule has 1 aromatic rings. The Balaban J connectivity index is 0.00000264. The van der Waals surface area contributed by atoms with Crippen LogP contribution in [0, 0.1) is 0 Å². The first kappa shape index (κ1) is 20.1. The van der Waals surface area contributed by atoms with Gasteiger partial charge >= 0.3 is 0 Å². The van der Waals surface area contributed by atoms with Crippen LogP contribution >= 0.6 is 35.8 Å². The van der Waals surface area contributed by atoms with E-state index in [1.54, 1.807) is 34.9 Å². The topological polar surface area (TPSA) is 61.4 Å². The molecule has 2 N–H and O–H groups in total. The molecule has 1 fully saturated rings. The van der Waals surface area contributed by atoms with Crippen LogP contribution in [0.25, 0.3) is 0 Å². The number of halogens is 2. The Bertz CT molecular complexity index is 562. The van der Waals surface area contributed by atoms with Gasteiger partial charge in [0.2, 0.25) is 5.91 Å². The Labute approximate surface area is 151 Å². The van der Waals surface area contributed by atoms with Gasteiger partial charge in [-0.05, 0) is 32.0 Å². The van der Waals surface area contributed by atoms with Crippen molar-refractivity contribution < 1.29 is 9.59 Å². The number of hydrogen-bond donors (Lipinski definition) is 2. The molecule has 0 aromatic heterocycles. The molecule has 2 amide bonds. The summed E-state index contributed by atoms with van der Waals surface area (Å²) in [6, 6.07) is 4.82. The predicted molar refractivity (Wildman–Crippen MR) is 98.8 cm³/mol. The molecule has 0 radical (unpaired) electrons. The smallest absolute Gasteiger partial charge is 0.255 e. The molecule has 1 saturated heterocycles. The number of benzene rings is 1. The highest BCUT2D eigenvalue weighted by atomic mass is 35.5. The van der Waals surface area contributed by atoms with E-state index in [0.717, 1.165) is 11.6 Å². The standard InChI is InChI=1S/C15H20ClN3O2S.ClH/c1-3-19(4-2)15(21)11-6-5-10(7-12(11)16)18-14(20)13-8-22-9-17-13;/h5-7,13,17H,3-4,8-9H2,1-2H3,(H,18,20);1H. The molecule has 2 rings (SSSR count). The number of hydrogen-bond acceptors (Lipinski definition) is 4. The normalized spacial score (nSPS) is 16.6. The van der Waals surface area contributed by atoms with Crippen LogP contribution in [-0.2, 0) is 4.79 Å². The lowest BCUT2D eigenvalue weighted by Gasteiger charge is -2.19. The largest absolute Gasteiger partial charge is 0.339 e. The molecule has 1 aliphatic heterocycles. The SMILES string of the molecule is CCN(CC)C(=O)c1ccc(NC(=O)C2CSCN2)cc1Cl.Cl. The second-order valence-electron chi connectivity index (χ2n) is 4.93. The molecule has 0 aliphatic carbocycles. The summed E-state index contributed by atoms with van der Waals surface area (Å²) < 4.78 is 0. The van der Waals surface area contributed by atoms with E-state index >= 15 is 0 Å². The first-order valence-corrected chi connectivity index (χ1v) is 8.80. The van der Waals surface area contributed by atoms with E-state index in [2.05, 4.69) is 10.6 Å². The fourth-order valence-electron chi connectivity index (χ4n) is 2.24. The fraction of sp³-hybridized carbons (Fsp3) is 0.467. The fourth-order valence-corrected chi connectivity index (χ4v) is 3.44. The second-order valence-corrected chi connectivity index (χ2v) is 6.37. The third kappa shape index (κ3) is 5.01. The van der Waals surface area contributed by atoms with Crippen LogP contribution in [-0.4, -0.2) is 47.5 Å². The second kappa shape index (κ2) is 9.37. The van der Waals surface area contributed by atoms with Gasteiger partial charge < -0.3 is 10.2 Å². The molecule has 0 bridgehead atoms. The molecule has 128 valence electrons. The van der Waals surface area contributed by atoms with Crippen molar-refractivity contribution in [1.82, 2.24) is 10.2 Å². The molecule has 1 atom stereocenters. The zero-order valence-corrected chi connectivity index (χ0v) is 15.5. The van der Waals surface area contributed by atoms with Crippen molar-refractivity contribution in [2.45, 2.75) is 19.9 Å². The summed E-state index contributed by atoms with van der Waals surface area (Å²) in [5, 5.41) is 6.28. The number of rotatable bonds is 5. The quantitative estimate of drug-likeness (QED) is 0.827. The molecule has 5 nitrogen and oxygen atoms in total. The maximum absolute atomic E-state index is 12.3. The van der Waals surface area contributed by atoms with Crippen molar-refractivity contribution >= 4 is 53.3 Å². The van der Waals surface area contributed by atoms with Gasteiger partial charge in [0.25, 0.3) is 5.91 Å². The van der Waals surface area contributed by atoms with Crippen LogP contribution in [0.2, 0.25) is 5.02 Å². The first-order chi connectivity index (χ1) is 10.6. The lowest BCUT2D eigenvalue weighted by Crippen LogP contribution is -2.37. The van der Waals surface area contributed by atoms with Crippen LogP contribution in [0.4, 0.5) is 5.69 Å². The van der Waals surface area contributed by atoms with Crippen molar-refractivity contribution in [2.75, 3.05) is 30.0 Å². The number of carbonyl (C=O) groups excluding carboxylic acids is 2. The van der Waals surface area contributed by atoms with E-state index in [1.165, 1.54) is 0 Å². The molecule has 0 spiro atoms. The summed E-state index contributed by atoms with van der Waals surface area (Å²) in [5.74, 6) is 1.37. The van der Waals surface area contributed by atoms with Crippen molar-refractivity contribution in [3.05, 3.63) is 28.8 Å². The molecular weight excluding hydrogens is 357 g/mol. The van der Waals surface area contributed by atoms with Gasteiger partial charge in [0.1, 0.15) is 0 Å². The number of nitrogens with one attached hydrogen (secondary N) is 2. The number of amides is 2. The zero-order valence-electron chi connectivity index (χ0n) is 13.1. The Hall–Kier alpha value is -0.950. The highest BCUT2D eigenvalue weighted by Gasteiger charge is 2.23. The maximum atomic E-state index is 12.3. The minimum absolute atomic E-state index is 0. The summed E-state index contributed by atoms with van der Waals surface area (Å²) in [6.07, 6.45) is 0. The first-order valence-electron chi connectivity index (χ1n) is 7.27. The Kier molecular flexibility index (Phi) is 8.19. The van der Waals surface area contributed by atoms with Gasteiger partial charge in [-0.15, -0.1) is 24.2 Å². The predicted octanol–water partition coefficient (Wildman–Crippen LogP) is 2.84. The Morgan fingerprint density at radius 2 is 2.09 bits per heavy atom. The van der Waals surface area contributed by atoms with Crippen LogP contribution < -0.4 is 10.6 Å². The van der Waals surface area contributed by atoms with Crippen molar-refractivity contribution in [3.8, 4) is 0 Å². The van der Waals surface area contributed by atoms with E-state index in [4.69, 9.17) is 11.6 Å². The lowest BCUT2D eigenvalue weighted by atomic mass is 10.1. The summed E-state index contributed by atoms with van der Waals surface area (Å²) in [6.45, 7) is 5.12. The molecule has 0 saturated carbocycles. The molecule has 1 aromatic carbocycles. The lowest BCUT2D eigenvalue weighted by molar-refractivity contribution is -0.117. The van der Waals surface area contributed by atoms with E-state index in [9.17, 15) is 9.59 Å². The summed E-state index contributed by atoms with van der Waals surface area (Å²) in [7, 11) is 0. The minimum atomic E-state index is -0.180. The van der Waals surface area contributed by atoms with Crippen LogP contribution in [0.3, 0.4) is 0 Å². The summed E-state index contributed by atoms with van der Waals surface area (Å²) >= 11 is 7.90. The average molecular weight is 378 g/mol. The zero-order chi connectivity index (χ0) is 16.1. The van der Waals surface area contributed by atoms with Crippen molar-refractivity contribution in [3.63, 3.8) is 0 Å². The minimum Gasteiger partial charge on any atom is -0.339 e. The molecule has 1 aliphatic rings. The van der Waals surface area contributed by atoms with Gasteiger partial charge in [-0.2, -0.15) is 0 Å². The number of carbonyl (C=O) groups is 2. The van der Waals surface area contributed by atoms with E-state index < -0.39 is 0 Å². The Morgan fingerprint density at radius 3 is 2.61 bits per heavy atom. The van der Waals surface area contributed by atoms with Crippen LogP contribution in [0.15, 0.2) is 18.2 Å². The number of thioether (sulfide) groups is 1. The summed E-state index contributed by atoms with van der Waals surface area (Å²) in [5.41, 5.74) is 1.06. The molecular formula is C15H21Cl2N3O2S. The molecule has 8 heteroatoms. The van der Waals surface area contributed by atoms with Crippen molar-refractivity contribution in [1.29, 1.82) is 0 Å². The van der Waals surface area contributed by atoms with Gasteiger partial charge in [0.15, 0.2) is 0 Å². The molecule has 1 heterocycles. The summed E-state index contributed by atoms with van der Waals surface area (Å²) in [4.78, 5) is 26.1. The molecule has 1 unspecified atom stereocenters. The average Bonchev–Trinajstić information content (AvgIpc) is 3.02. The van der Waals surface area contributed by atoms with Gasteiger partial charge in [-0.1, -0.05) is 11.6 Å². The van der Waals surface area contributed by atoms with Crippen molar-refractivity contribution in [2.24, 2.45) is 0 Å². The third-order valence-corrected chi connectivity index (χ3v) is 4.80.